The van der Waals surface area contributed by atoms with Gasteiger partial charge in [-0.15, -0.1) is 0 Å². The van der Waals surface area contributed by atoms with Gasteiger partial charge in [0.15, 0.2) is 0 Å². The number of hydrogen-bond donors (Lipinski definition) is 2. The van der Waals surface area contributed by atoms with Crippen molar-refractivity contribution in [2.45, 2.75) is 24.9 Å². The summed E-state index contributed by atoms with van der Waals surface area (Å²) in [5.74, 6) is 0. The minimum atomic E-state index is 0.468. The lowest BCUT2D eigenvalue weighted by Crippen LogP contribution is -2.67. The van der Waals surface area contributed by atoms with Crippen LogP contribution < -0.4 is 11.1 Å². The van der Waals surface area contributed by atoms with Gasteiger partial charge in [0, 0.05) is 6.42 Å². The van der Waals surface area contributed by atoms with Gasteiger partial charge in [-0.3, -0.25) is 0 Å². The lowest BCUT2D eigenvalue weighted by Gasteiger charge is -2.27. The Morgan fingerprint density at radius 2 is 2.00 bits per heavy atom. The molecule has 1 aromatic rings. The maximum Gasteiger partial charge on any atom is 0.104 e. The number of piperidine rings is 1. The van der Waals surface area contributed by atoms with Crippen LogP contribution in [0.4, 0.5) is 0 Å². The molecule has 1 aliphatic rings. The van der Waals surface area contributed by atoms with Crippen LogP contribution in [0.5, 0.6) is 0 Å². The molecule has 0 saturated carbocycles. The van der Waals surface area contributed by atoms with Crippen LogP contribution in [0, 0.1) is 0 Å². The van der Waals surface area contributed by atoms with Crippen molar-refractivity contribution in [1.82, 2.24) is 5.32 Å². The minimum absolute atomic E-state index is 0.468. The van der Waals surface area contributed by atoms with Crippen LogP contribution in [-0.2, 0) is 0 Å². The number of benzene rings is 1. The van der Waals surface area contributed by atoms with Crippen LogP contribution in [0.15, 0.2) is 30.3 Å². The van der Waals surface area contributed by atoms with Gasteiger partial charge >= 0.3 is 0 Å². The summed E-state index contributed by atoms with van der Waals surface area (Å²) in [5.41, 5.74) is 5.57. The van der Waals surface area contributed by atoms with E-state index >= 15 is 0 Å². The third-order valence-corrected chi connectivity index (χ3v) is 2.75. The lowest BCUT2D eigenvalue weighted by molar-refractivity contribution is -0.431. The Hall–Kier alpha value is -0.860. The molecular weight excluding hydrogens is 160 g/mol. The summed E-state index contributed by atoms with van der Waals surface area (Å²) in [7, 11) is 0. The highest BCUT2D eigenvalue weighted by atomic mass is 15.0. The fourth-order valence-corrected chi connectivity index (χ4v) is 2.01. The quantitative estimate of drug-likeness (QED) is 0.652. The molecule has 2 rings (SSSR count). The Kier molecular flexibility index (Phi) is 2.62. The molecule has 0 bridgehead atoms. The van der Waals surface area contributed by atoms with E-state index in [4.69, 9.17) is 0 Å². The van der Waals surface area contributed by atoms with Crippen LogP contribution in [0.2, 0.25) is 0 Å². The number of nitrogens with one attached hydrogen (secondary N) is 1. The molecule has 2 heteroatoms. The van der Waals surface area contributed by atoms with Crippen LogP contribution in [0.25, 0.3) is 0 Å². The molecule has 0 spiro atoms. The maximum atomic E-state index is 4.19. The SMILES string of the molecule is [NH3+][C@@H]1CCCN[C@@H]1c1ccccc1. The van der Waals surface area contributed by atoms with E-state index < -0.39 is 0 Å². The molecule has 70 valence electrons. The molecule has 0 unspecified atom stereocenters. The average Bonchev–Trinajstić information content (AvgIpc) is 2.20. The Bertz CT molecular complexity index is 258. The molecule has 0 aromatic heterocycles. The maximum absolute atomic E-state index is 4.19. The molecule has 2 nitrogen and oxygen atoms in total. The molecule has 0 amide bonds. The Morgan fingerprint density at radius 3 is 2.69 bits per heavy atom. The van der Waals surface area contributed by atoms with Crippen molar-refractivity contribution in [2.24, 2.45) is 0 Å². The van der Waals surface area contributed by atoms with Crippen LogP contribution >= 0.6 is 0 Å². The predicted molar refractivity (Wildman–Crippen MR) is 53.1 cm³/mol. The van der Waals surface area contributed by atoms with Crippen molar-refractivity contribution in [3.63, 3.8) is 0 Å². The first kappa shape index (κ1) is 8.73. The molecule has 1 saturated heterocycles. The molecule has 13 heavy (non-hydrogen) atoms. The third kappa shape index (κ3) is 1.90. The van der Waals surface area contributed by atoms with Crippen molar-refractivity contribution in [1.29, 1.82) is 0 Å². The molecule has 1 aliphatic heterocycles. The van der Waals surface area contributed by atoms with Crippen molar-refractivity contribution in [3.05, 3.63) is 35.9 Å². The Balaban J connectivity index is 2.15. The molecule has 1 fully saturated rings. The van der Waals surface area contributed by atoms with Crippen molar-refractivity contribution in [2.75, 3.05) is 6.54 Å². The first-order valence-corrected chi connectivity index (χ1v) is 4.99. The van der Waals surface area contributed by atoms with E-state index in [-0.39, 0.29) is 0 Å². The fourth-order valence-electron chi connectivity index (χ4n) is 2.01. The third-order valence-electron chi connectivity index (χ3n) is 2.75. The van der Waals surface area contributed by atoms with E-state index in [0.717, 1.165) is 6.54 Å². The van der Waals surface area contributed by atoms with Gasteiger partial charge in [0.05, 0.1) is 6.04 Å². The first-order valence-electron chi connectivity index (χ1n) is 4.99. The first-order chi connectivity index (χ1) is 6.38. The molecule has 4 N–H and O–H groups in total. The largest absolute Gasteiger partial charge is 0.354 e. The lowest BCUT2D eigenvalue weighted by atomic mass is 9.93. The molecule has 0 radical (unpaired) electrons. The summed E-state index contributed by atoms with van der Waals surface area (Å²) in [5, 5.41) is 3.52. The molecule has 1 heterocycles. The second kappa shape index (κ2) is 3.90. The zero-order valence-corrected chi connectivity index (χ0v) is 7.87. The van der Waals surface area contributed by atoms with E-state index in [1.807, 2.05) is 0 Å². The highest BCUT2D eigenvalue weighted by molar-refractivity contribution is 5.20. The second-order valence-electron chi connectivity index (χ2n) is 3.74. The Morgan fingerprint density at radius 1 is 1.23 bits per heavy atom. The van der Waals surface area contributed by atoms with Gasteiger partial charge in [-0.05, 0) is 18.5 Å². The molecule has 1 aromatic carbocycles. The van der Waals surface area contributed by atoms with E-state index in [2.05, 4.69) is 41.4 Å². The van der Waals surface area contributed by atoms with Crippen molar-refractivity contribution >= 4 is 0 Å². The predicted octanol–water partition coefficient (Wildman–Crippen LogP) is 0.722. The van der Waals surface area contributed by atoms with Gasteiger partial charge in [0.25, 0.3) is 0 Å². The normalized spacial score (nSPS) is 28.7. The van der Waals surface area contributed by atoms with Crippen LogP contribution in [0.3, 0.4) is 0 Å². The number of hydrogen-bond acceptors (Lipinski definition) is 1. The zero-order valence-electron chi connectivity index (χ0n) is 7.87. The van der Waals surface area contributed by atoms with E-state index in [1.54, 1.807) is 0 Å². The second-order valence-corrected chi connectivity index (χ2v) is 3.74. The van der Waals surface area contributed by atoms with Gasteiger partial charge in [-0.25, -0.2) is 0 Å². The van der Waals surface area contributed by atoms with E-state index in [1.165, 1.54) is 18.4 Å². The number of rotatable bonds is 1. The number of quaternary nitrogens is 1. The van der Waals surface area contributed by atoms with Gasteiger partial charge in [-0.1, -0.05) is 30.3 Å². The van der Waals surface area contributed by atoms with Gasteiger partial charge in [-0.2, -0.15) is 0 Å². The summed E-state index contributed by atoms with van der Waals surface area (Å²) >= 11 is 0. The monoisotopic (exact) mass is 177 g/mol. The summed E-state index contributed by atoms with van der Waals surface area (Å²) in [6, 6.07) is 11.6. The van der Waals surface area contributed by atoms with Gasteiger partial charge in [0.2, 0.25) is 0 Å². The van der Waals surface area contributed by atoms with Crippen molar-refractivity contribution in [3.8, 4) is 0 Å². The van der Waals surface area contributed by atoms with Crippen molar-refractivity contribution < 1.29 is 5.73 Å². The molecular formula is C11H17N2+. The summed E-state index contributed by atoms with van der Waals surface area (Å²) in [6.07, 6.45) is 2.50. The van der Waals surface area contributed by atoms with Crippen LogP contribution in [0.1, 0.15) is 24.4 Å². The highest BCUT2D eigenvalue weighted by Crippen LogP contribution is 2.20. The topological polar surface area (TPSA) is 39.7 Å². The standard InChI is InChI=1S/C11H16N2/c12-10-7-4-8-13-11(10)9-5-2-1-3-6-9/h1-3,5-6,10-11,13H,4,7-8,12H2/p+1/t10-,11-/m1/s1. The van der Waals surface area contributed by atoms with E-state index in [9.17, 15) is 0 Å². The molecule has 0 aliphatic carbocycles. The zero-order chi connectivity index (χ0) is 9.10. The molecule has 2 atom stereocenters. The minimum Gasteiger partial charge on any atom is -0.354 e. The summed E-state index contributed by atoms with van der Waals surface area (Å²) in [6.45, 7) is 1.13. The van der Waals surface area contributed by atoms with Crippen LogP contribution in [-0.4, -0.2) is 12.6 Å². The fraction of sp³-hybridized carbons (Fsp3) is 0.455. The highest BCUT2D eigenvalue weighted by Gasteiger charge is 2.25. The smallest absolute Gasteiger partial charge is 0.104 e. The summed E-state index contributed by atoms with van der Waals surface area (Å²) in [4.78, 5) is 0. The van der Waals surface area contributed by atoms with Gasteiger partial charge < -0.3 is 11.1 Å². The average molecular weight is 177 g/mol. The summed E-state index contributed by atoms with van der Waals surface area (Å²) < 4.78 is 0. The Labute approximate surface area is 79.1 Å². The van der Waals surface area contributed by atoms with E-state index in [0.29, 0.717) is 12.1 Å². The van der Waals surface area contributed by atoms with Gasteiger partial charge in [0.1, 0.15) is 6.04 Å².